The summed E-state index contributed by atoms with van der Waals surface area (Å²) in [5.74, 6) is 0.886. The highest BCUT2D eigenvalue weighted by molar-refractivity contribution is 7.89. The number of hydrogen-bond acceptors (Lipinski definition) is 6. The van der Waals surface area contributed by atoms with Gasteiger partial charge in [0.2, 0.25) is 21.8 Å². The summed E-state index contributed by atoms with van der Waals surface area (Å²) in [6.07, 6.45) is 8.48. The van der Waals surface area contributed by atoms with Crippen molar-refractivity contribution in [1.82, 2.24) is 26.0 Å². The average Bonchev–Trinajstić information content (AvgIpc) is 2.91. The van der Waals surface area contributed by atoms with Crippen LogP contribution < -0.4 is 26.0 Å². The molecule has 1 aromatic rings. The van der Waals surface area contributed by atoms with Gasteiger partial charge < -0.3 is 21.3 Å². The molecule has 9 nitrogen and oxygen atoms in total. The largest absolute Gasteiger partial charge is 0.353 e. The van der Waals surface area contributed by atoms with Crippen molar-refractivity contribution in [3.63, 3.8) is 0 Å². The zero-order chi connectivity index (χ0) is 27.4. The van der Waals surface area contributed by atoms with Crippen molar-refractivity contribution in [2.24, 2.45) is 17.8 Å². The lowest BCUT2D eigenvalue weighted by atomic mass is 9.84. The summed E-state index contributed by atoms with van der Waals surface area (Å²) in [6.45, 7) is 7.83. The quantitative estimate of drug-likeness (QED) is 0.242. The lowest BCUT2D eigenvalue weighted by molar-refractivity contribution is -0.129. The molecular weight excluding hydrogens is 502 g/mol. The van der Waals surface area contributed by atoms with Gasteiger partial charge in [0.15, 0.2) is 0 Å². The van der Waals surface area contributed by atoms with E-state index < -0.39 is 16.1 Å². The highest BCUT2D eigenvalue weighted by atomic mass is 32.2. The molecule has 0 aromatic heterocycles. The maximum absolute atomic E-state index is 13.1. The summed E-state index contributed by atoms with van der Waals surface area (Å²) >= 11 is 0. The number of hydrogen-bond donors (Lipinski definition) is 5. The number of piperidine rings is 2. The number of benzene rings is 1. The maximum Gasteiger partial charge on any atom is 0.240 e. The van der Waals surface area contributed by atoms with Crippen LogP contribution in [0.4, 0.5) is 0 Å². The maximum atomic E-state index is 13.1. The molecule has 214 valence electrons. The Morgan fingerprint density at radius 2 is 1.42 bits per heavy atom. The second kappa shape index (κ2) is 15.5. The van der Waals surface area contributed by atoms with Gasteiger partial charge in [-0.05, 0) is 115 Å². The van der Waals surface area contributed by atoms with Gasteiger partial charge in [-0.25, -0.2) is 13.1 Å². The van der Waals surface area contributed by atoms with Gasteiger partial charge in [-0.1, -0.05) is 17.7 Å². The van der Waals surface area contributed by atoms with Crippen LogP contribution in [-0.2, 0) is 19.6 Å². The SMILES string of the molecule is Cc1ccc(S(=O)(=O)NC(C)CNC(=O)CNC(=O)C(CCC2CCNCC2)CCC2CCNCC2)cc1. The molecule has 0 saturated carbocycles. The monoisotopic (exact) mass is 549 g/mol. The van der Waals surface area contributed by atoms with Crippen molar-refractivity contribution >= 4 is 21.8 Å². The van der Waals surface area contributed by atoms with Crippen molar-refractivity contribution in [3.05, 3.63) is 29.8 Å². The molecule has 3 rings (SSSR count). The molecule has 0 spiro atoms. The molecule has 0 aliphatic carbocycles. The lowest BCUT2D eigenvalue weighted by Gasteiger charge is -2.27. The molecule has 0 bridgehead atoms. The molecule has 2 saturated heterocycles. The first-order chi connectivity index (χ1) is 18.2. The van der Waals surface area contributed by atoms with Gasteiger partial charge in [0, 0.05) is 18.5 Å². The van der Waals surface area contributed by atoms with Crippen LogP contribution in [0.1, 0.15) is 63.9 Å². The molecule has 5 N–H and O–H groups in total. The van der Waals surface area contributed by atoms with E-state index in [1.165, 1.54) is 0 Å². The van der Waals surface area contributed by atoms with Crippen LogP contribution in [0.3, 0.4) is 0 Å². The van der Waals surface area contributed by atoms with E-state index in [0.717, 1.165) is 83.1 Å². The summed E-state index contributed by atoms with van der Waals surface area (Å²) in [5, 5.41) is 12.4. The van der Waals surface area contributed by atoms with E-state index in [1.807, 2.05) is 6.92 Å². The molecule has 0 radical (unpaired) electrons. The van der Waals surface area contributed by atoms with Crippen LogP contribution in [0.25, 0.3) is 0 Å². The first-order valence-corrected chi connectivity index (χ1v) is 15.8. The summed E-state index contributed by atoms with van der Waals surface area (Å²) in [4.78, 5) is 25.7. The minimum Gasteiger partial charge on any atom is -0.353 e. The Morgan fingerprint density at radius 1 is 0.895 bits per heavy atom. The fourth-order valence-corrected chi connectivity index (χ4v) is 6.60. The normalized spacial score (nSPS) is 18.3. The van der Waals surface area contributed by atoms with E-state index in [0.29, 0.717) is 11.8 Å². The smallest absolute Gasteiger partial charge is 0.240 e. The zero-order valence-electron chi connectivity index (χ0n) is 23.1. The Bertz CT molecular complexity index is 951. The minimum absolute atomic E-state index is 0.0452. The van der Waals surface area contributed by atoms with Crippen molar-refractivity contribution in [3.8, 4) is 0 Å². The van der Waals surface area contributed by atoms with Crippen molar-refractivity contribution < 1.29 is 18.0 Å². The van der Waals surface area contributed by atoms with E-state index in [-0.39, 0.29) is 35.7 Å². The summed E-state index contributed by atoms with van der Waals surface area (Å²) in [7, 11) is -3.67. The number of nitrogens with one attached hydrogen (secondary N) is 5. The van der Waals surface area contributed by atoms with Gasteiger partial charge >= 0.3 is 0 Å². The number of sulfonamides is 1. The number of carbonyl (C=O) groups is 2. The molecule has 2 aliphatic heterocycles. The predicted octanol–water partition coefficient (Wildman–Crippen LogP) is 2.07. The van der Waals surface area contributed by atoms with Crippen LogP contribution in [0.15, 0.2) is 29.2 Å². The molecule has 2 heterocycles. The highest BCUT2D eigenvalue weighted by Gasteiger charge is 2.24. The third-order valence-corrected chi connectivity index (χ3v) is 9.46. The van der Waals surface area contributed by atoms with Gasteiger partial charge in [0.05, 0.1) is 11.4 Å². The second-order valence-electron chi connectivity index (χ2n) is 11.1. The summed E-state index contributed by atoms with van der Waals surface area (Å²) in [5.41, 5.74) is 0.978. The molecule has 2 amide bonds. The third kappa shape index (κ3) is 10.6. The predicted molar refractivity (Wildman–Crippen MR) is 150 cm³/mol. The Morgan fingerprint density at radius 3 is 1.95 bits per heavy atom. The van der Waals surface area contributed by atoms with E-state index in [2.05, 4.69) is 26.0 Å². The number of carbonyl (C=O) groups excluding carboxylic acids is 2. The number of rotatable bonds is 14. The van der Waals surface area contributed by atoms with Crippen molar-refractivity contribution in [2.75, 3.05) is 39.3 Å². The van der Waals surface area contributed by atoms with Crippen LogP contribution in [0.5, 0.6) is 0 Å². The van der Waals surface area contributed by atoms with E-state index in [1.54, 1.807) is 31.2 Å². The summed E-state index contributed by atoms with van der Waals surface area (Å²) < 4.78 is 27.7. The molecule has 2 aliphatic rings. The fourth-order valence-electron chi connectivity index (χ4n) is 5.35. The van der Waals surface area contributed by atoms with Crippen LogP contribution in [-0.4, -0.2) is 65.5 Å². The van der Waals surface area contributed by atoms with Crippen molar-refractivity contribution in [1.29, 1.82) is 0 Å². The molecule has 1 unspecified atom stereocenters. The Hall–Kier alpha value is -2.01. The Balaban J connectivity index is 1.42. The lowest BCUT2D eigenvalue weighted by Crippen LogP contribution is -2.45. The average molecular weight is 550 g/mol. The topological polar surface area (TPSA) is 128 Å². The van der Waals surface area contributed by atoms with Crippen molar-refractivity contribution in [2.45, 2.75) is 76.2 Å². The molecule has 38 heavy (non-hydrogen) atoms. The number of amides is 2. The zero-order valence-corrected chi connectivity index (χ0v) is 23.9. The molecular formula is C28H47N5O4S. The number of aryl methyl sites for hydroxylation is 1. The van der Waals surface area contributed by atoms with E-state index in [9.17, 15) is 18.0 Å². The second-order valence-corrected chi connectivity index (χ2v) is 12.8. The molecule has 2 fully saturated rings. The third-order valence-electron chi connectivity index (χ3n) is 7.85. The summed E-state index contributed by atoms with van der Waals surface area (Å²) in [6, 6.07) is 6.12. The van der Waals surface area contributed by atoms with Gasteiger partial charge in [-0.2, -0.15) is 0 Å². The van der Waals surface area contributed by atoms with Gasteiger partial charge in [-0.15, -0.1) is 0 Å². The Kier molecular flexibility index (Phi) is 12.5. The first kappa shape index (κ1) is 30.5. The standard InChI is InChI=1S/C28H47N5O4S/c1-21-3-9-26(10-4-21)38(36,37)33-22(2)19-31-27(34)20-32-28(35)25(7-5-23-11-15-29-16-12-23)8-6-24-13-17-30-18-14-24/h3-4,9-10,22-25,29-30,33H,5-8,11-20H2,1-2H3,(H,31,34)(H,32,35). The van der Waals surface area contributed by atoms with Gasteiger partial charge in [-0.3, -0.25) is 9.59 Å². The molecule has 1 aromatic carbocycles. The van der Waals surface area contributed by atoms with Gasteiger partial charge in [0.1, 0.15) is 0 Å². The fraction of sp³-hybridized carbons (Fsp3) is 0.714. The van der Waals surface area contributed by atoms with Crippen LogP contribution in [0.2, 0.25) is 0 Å². The Labute approximate surface area is 228 Å². The van der Waals surface area contributed by atoms with Crippen LogP contribution >= 0.6 is 0 Å². The minimum atomic E-state index is -3.67. The van der Waals surface area contributed by atoms with Gasteiger partial charge in [0.25, 0.3) is 0 Å². The van der Waals surface area contributed by atoms with E-state index >= 15 is 0 Å². The van der Waals surface area contributed by atoms with E-state index in [4.69, 9.17) is 0 Å². The first-order valence-electron chi connectivity index (χ1n) is 14.3. The van der Waals surface area contributed by atoms with Crippen LogP contribution in [0, 0.1) is 24.7 Å². The molecule has 1 atom stereocenters. The molecule has 10 heteroatoms. The highest BCUT2D eigenvalue weighted by Crippen LogP contribution is 2.26.